The van der Waals surface area contributed by atoms with Crippen LogP contribution in [0.3, 0.4) is 0 Å². The standard InChI is InChI=1S/C12H23N/c1-2-3-4-5-7-10-13-11-8-6-9-12-13/h5,7H,2-4,6,8-12H2,1H3/b7-5+. The highest BCUT2D eigenvalue weighted by Gasteiger charge is 2.06. The zero-order valence-corrected chi connectivity index (χ0v) is 8.97. The molecule has 0 aromatic heterocycles. The molecule has 0 bridgehead atoms. The number of nitrogens with zero attached hydrogens (tertiary/aromatic N) is 1. The third-order valence-electron chi connectivity index (χ3n) is 2.70. The maximum atomic E-state index is 2.56. The van der Waals surface area contributed by atoms with Crippen LogP contribution in [0.5, 0.6) is 0 Å². The highest BCUT2D eigenvalue weighted by atomic mass is 15.1. The molecular formula is C12H23N. The lowest BCUT2D eigenvalue weighted by Gasteiger charge is -2.24. The molecule has 0 atom stereocenters. The Morgan fingerprint density at radius 1 is 1.08 bits per heavy atom. The third-order valence-corrected chi connectivity index (χ3v) is 2.70. The van der Waals surface area contributed by atoms with E-state index in [9.17, 15) is 0 Å². The summed E-state index contributed by atoms with van der Waals surface area (Å²) in [4.78, 5) is 2.56. The number of hydrogen-bond donors (Lipinski definition) is 0. The van der Waals surface area contributed by atoms with Gasteiger partial charge >= 0.3 is 0 Å². The number of hydrogen-bond acceptors (Lipinski definition) is 1. The Kier molecular flexibility index (Phi) is 5.92. The minimum absolute atomic E-state index is 1.18. The van der Waals surface area contributed by atoms with Crippen LogP contribution in [-0.4, -0.2) is 24.5 Å². The van der Waals surface area contributed by atoms with E-state index in [1.54, 1.807) is 0 Å². The van der Waals surface area contributed by atoms with Crippen molar-refractivity contribution < 1.29 is 0 Å². The Morgan fingerprint density at radius 3 is 2.54 bits per heavy atom. The largest absolute Gasteiger partial charge is 0.300 e. The summed E-state index contributed by atoms with van der Waals surface area (Å²) in [5.41, 5.74) is 0. The van der Waals surface area contributed by atoms with Crippen LogP contribution < -0.4 is 0 Å². The molecule has 0 aliphatic carbocycles. The van der Waals surface area contributed by atoms with E-state index in [1.807, 2.05) is 0 Å². The summed E-state index contributed by atoms with van der Waals surface area (Å²) in [7, 11) is 0. The van der Waals surface area contributed by atoms with E-state index in [-0.39, 0.29) is 0 Å². The average Bonchev–Trinajstić information content (AvgIpc) is 2.19. The van der Waals surface area contributed by atoms with Gasteiger partial charge in [0.05, 0.1) is 0 Å². The summed E-state index contributed by atoms with van der Waals surface area (Å²) in [5, 5.41) is 0. The lowest BCUT2D eigenvalue weighted by atomic mass is 10.1. The van der Waals surface area contributed by atoms with Gasteiger partial charge < -0.3 is 0 Å². The van der Waals surface area contributed by atoms with Crippen molar-refractivity contribution in [2.45, 2.75) is 45.4 Å². The fraction of sp³-hybridized carbons (Fsp3) is 0.833. The van der Waals surface area contributed by atoms with Crippen molar-refractivity contribution >= 4 is 0 Å². The Morgan fingerprint density at radius 2 is 1.85 bits per heavy atom. The molecule has 13 heavy (non-hydrogen) atoms. The normalized spacial score (nSPS) is 19.8. The summed E-state index contributed by atoms with van der Waals surface area (Å²) >= 11 is 0. The summed E-state index contributed by atoms with van der Waals surface area (Å²) in [6.07, 6.45) is 12.9. The molecule has 0 aromatic rings. The van der Waals surface area contributed by atoms with Gasteiger partial charge in [0, 0.05) is 6.54 Å². The molecule has 0 aromatic carbocycles. The van der Waals surface area contributed by atoms with Crippen molar-refractivity contribution in [3.63, 3.8) is 0 Å². The van der Waals surface area contributed by atoms with E-state index in [0.29, 0.717) is 0 Å². The van der Waals surface area contributed by atoms with Gasteiger partial charge in [-0.1, -0.05) is 38.3 Å². The van der Waals surface area contributed by atoms with E-state index in [2.05, 4.69) is 24.0 Å². The summed E-state index contributed by atoms with van der Waals surface area (Å²) in [6, 6.07) is 0. The second-order valence-corrected chi connectivity index (χ2v) is 3.97. The van der Waals surface area contributed by atoms with Crippen LogP contribution in [0.1, 0.15) is 45.4 Å². The summed E-state index contributed by atoms with van der Waals surface area (Å²) in [5.74, 6) is 0. The molecule has 0 saturated carbocycles. The summed E-state index contributed by atoms with van der Waals surface area (Å²) in [6.45, 7) is 6.07. The fourth-order valence-electron chi connectivity index (χ4n) is 1.81. The van der Waals surface area contributed by atoms with Crippen LogP contribution in [0.4, 0.5) is 0 Å². The second kappa shape index (κ2) is 7.14. The van der Waals surface area contributed by atoms with Crippen molar-refractivity contribution in [1.29, 1.82) is 0 Å². The van der Waals surface area contributed by atoms with Crippen LogP contribution in [0.15, 0.2) is 12.2 Å². The number of unbranched alkanes of at least 4 members (excludes halogenated alkanes) is 2. The zero-order chi connectivity index (χ0) is 9.36. The lowest BCUT2D eigenvalue weighted by Crippen LogP contribution is -2.29. The molecule has 1 rings (SSSR count). The smallest absolute Gasteiger partial charge is 0.0163 e. The SMILES string of the molecule is CCCC/C=C/CN1CCCCC1. The van der Waals surface area contributed by atoms with Gasteiger partial charge in [-0.25, -0.2) is 0 Å². The van der Waals surface area contributed by atoms with Gasteiger partial charge in [-0.05, 0) is 32.4 Å². The molecule has 1 fully saturated rings. The monoisotopic (exact) mass is 181 g/mol. The number of likely N-dealkylation sites (tertiary alicyclic amines) is 1. The predicted octanol–water partition coefficient (Wildman–Crippen LogP) is 3.22. The zero-order valence-electron chi connectivity index (χ0n) is 8.97. The molecule has 0 N–H and O–H groups in total. The van der Waals surface area contributed by atoms with E-state index >= 15 is 0 Å². The maximum Gasteiger partial charge on any atom is 0.0163 e. The molecule has 1 nitrogen and oxygen atoms in total. The average molecular weight is 181 g/mol. The Hall–Kier alpha value is -0.300. The first-order valence-electron chi connectivity index (χ1n) is 5.81. The third kappa shape index (κ3) is 5.09. The molecule has 1 heteroatoms. The maximum absolute atomic E-state index is 2.56. The van der Waals surface area contributed by atoms with Gasteiger partial charge in [0.25, 0.3) is 0 Å². The van der Waals surface area contributed by atoms with Crippen LogP contribution in [0.2, 0.25) is 0 Å². The van der Waals surface area contributed by atoms with Crippen molar-refractivity contribution in [3.8, 4) is 0 Å². The van der Waals surface area contributed by atoms with Crippen LogP contribution >= 0.6 is 0 Å². The molecule has 1 saturated heterocycles. The molecule has 1 aliphatic rings. The van der Waals surface area contributed by atoms with Gasteiger partial charge in [0.1, 0.15) is 0 Å². The topological polar surface area (TPSA) is 3.24 Å². The van der Waals surface area contributed by atoms with Crippen molar-refractivity contribution in [3.05, 3.63) is 12.2 Å². The van der Waals surface area contributed by atoms with Crippen LogP contribution in [-0.2, 0) is 0 Å². The number of rotatable bonds is 5. The molecule has 0 unspecified atom stereocenters. The Labute approximate surface area is 82.8 Å². The van der Waals surface area contributed by atoms with E-state index in [0.717, 1.165) is 0 Å². The minimum Gasteiger partial charge on any atom is -0.300 e. The van der Waals surface area contributed by atoms with Gasteiger partial charge in [-0.3, -0.25) is 4.90 Å². The quantitative estimate of drug-likeness (QED) is 0.465. The second-order valence-electron chi connectivity index (χ2n) is 3.97. The first kappa shape index (κ1) is 10.8. The lowest BCUT2D eigenvalue weighted by molar-refractivity contribution is 0.251. The van der Waals surface area contributed by atoms with Gasteiger partial charge in [0.2, 0.25) is 0 Å². The Bertz CT molecular complexity index is 134. The van der Waals surface area contributed by atoms with E-state index in [4.69, 9.17) is 0 Å². The van der Waals surface area contributed by atoms with E-state index in [1.165, 1.54) is 58.2 Å². The van der Waals surface area contributed by atoms with Gasteiger partial charge in [-0.2, -0.15) is 0 Å². The molecule has 0 radical (unpaired) electrons. The first-order valence-corrected chi connectivity index (χ1v) is 5.81. The van der Waals surface area contributed by atoms with Crippen LogP contribution in [0.25, 0.3) is 0 Å². The van der Waals surface area contributed by atoms with Crippen LogP contribution in [0, 0.1) is 0 Å². The minimum atomic E-state index is 1.18. The van der Waals surface area contributed by atoms with Crippen molar-refractivity contribution in [1.82, 2.24) is 4.90 Å². The summed E-state index contributed by atoms with van der Waals surface area (Å²) < 4.78 is 0. The molecule has 76 valence electrons. The highest BCUT2D eigenvalue weighted by Crippen LogP contribution is 2.08. The molecule has 0 spiro atoms. The highest BCUT2D eigenvalue weighted by molar-refractivity contribution is 4.85. The first-order chi connectivity index (χ1) is 6.43. The number of allylic oxidation sites excluding steroid dienone is 1. The van der Waals surface area contributed by atoms with Gasteiger partial charge in [-0.15, -0.1) is 0 Å². The number of piperidine rings is 1. The van der Waals surface area contributed by atoms with Gasteiger partial charge in [0.15, 0.2) is 0 Å². The Balaban J connectivity index is 2.00. The fourth-order valence-corrected chi connectivity index (χ4v) is 1.81. The van der Waals surface area contributed by atoms with Crippen molar-refractivity contribution in [2.75, 3.05) is 19.6 Å². The van der Waals surface area contributed by atoms with Crippen molar-refractivity contribution in [2.24, 2.45) is 0 Å². The molecule has 1 heterocycles. The van der Waals surface area contributed by atoms with E-state index < -0.39 is 0 Å². The molecular weight excluding hydrogens is 158 g/mol. The molecule has 1 aliphatic heterocycles. The predicted molar refractivity (Wildman–Crippen MR) is 59.0 cm³/mol. The molecule has 0 amide bonds.